The highest BCUT2D eigenvalue weighted by molar-refractivity contribution is 6.99. The van der Waals surface area contributed by atoms with Crippen LogP contribution < -0.4 is 26.0 Å². The lowest BCUT2D eigenvalue weighted by Gasteiger charge is -2.40. The summed E-state index contributed by atoms with van der Waals surface area (Å²) in [5, 5.41) is 2.46. The van der Waals surface area contributed by atoms with Crippen LogP contribution in [0.2, 0.25) is 0 Å². The molecule has 4 heteroatoms. The second-order valence-corrected chi connectivity index (χ2v) is 23.3. The molecule has 0 saturated carbocycles. The molecule has 14 rings (SSSR count). The van der Waals surface area contributed by atoms with Crippen LogP contribution in [0.3, 0.4) is 0 Å². The molecule has 0 spiro atoms. The fraction of sp³-hybridized carbons (Fsp3) is 0.108. The summed E-state index contributed by atoms with van der Waals surface area (Å²) < 4.78 is 10.1. The molecule has 2 aliphatic heterocycles. The standard InChI is InChI=1S/C74H59BN2O/c1-73(2,3)56-42-60(52-28-18-10-19-29-52)71-62(44-56)63-45-57(74(4,5)6)43-61(53-30-20-11-21-31-53)72(63)77(71)59-46-67-70-69(47-59)78-68-39-35-55(50-26-16-9-17-27-50)41-65(68)75(70)64-40-54(49-24-14-8-15-25-49)34-38-66(64)76(67)58-36-32-51(33-37-58)48-22-12-7-13-23-48/h7-47H,1-6H3. The number of hydrogen-bond donors (Lipinski definition) is 0. The highest BCUT2D eigenvalue weighted by Gasteiger charge is 2.43. The van der Waals surface area contributed by atoms with Gasteiger partial charge in [0.05, 0.1) is 16.7 Å². The average Bonchev–Trinajstić information content (AvgIpc) is 3.99. The van der Waals surface area contributed by atoms with E-state index in [1.54, 1.807) is 0 Å². The first-order chi connectivity index (χ1) is 37.9. The van der Waals surface area contributed by atoms with Crippen molar-refractivity contribution in [2.24, 2.45) is 0 Å². The van der Waals surface area contributed by atoms with E-state index in [1.165, 1.54) is 88.5 Å². The Hall–Kier alpha value is -9.12. The van der Waals surface area contributed by atoms with E-state index >= 15 is 0 Å². The number of aromatic nitrogens is 1. The number of nitrogens with zero attached hydrogens (tertiary/aromatic N) is 2. The van der Waals surface area contributed by atoms with Crippen LogP contribution in [0.5, 0.6) is 11.5 Å². The second-order valence-electron chi connectivity index (χ2n) is 23.3. The third-order valence-electron chi connectivity index (χ3n) is 16.3. The van der Waals surface area contributed by atoms with Crippen LogP contribution in [0.4, 0.5) is 17.1 Å². The Labute approximate surface area is 458 Å². The molecule has 78 heavy (non-hydrogen) atoms. The fourth-order valence-electron chi connectivity index (χ4n) is 12.3. The summed E-state index contributed by atoms with van der Waals surface area (Å²) in [5.74, 6) is 1.72. The van der Waals surface area contributed by atoms with E-state index in [4.69, 9.17) is 4.74 Å². The molecule has 3 nitrogen and oxygen atoms in total. The lowest BCUT2D eigenvalue weighted by atomic mass is 9.34. The van der Waals surface area contributed by atoms with E-state index in [0.29, 0.717) is 0 Å². The monoisotopic (exact) mass is 1000 g/mol. The van der Waals surface area contributed by atoms with Gasteiger partial charge in [0.1, 0.15) is 11.5 Å². The highest BCUT2D eigenvalue weighted by atomic mass is 16.5. The molecule has 0 radical (unpaired) electrons. The molecule has 2 aliphatic rings. The van der Waals surface area contributed by atoms with Gasteiger partial charge in [0, 0.05) is 45.0 Å². The van der Waals surface area contributed by atoms with Crippen molar-refractivity contribution in [1.82, 2.24) is 4.57 Å². The molecule has 11 aromatic carbocycles. The molecule has 0 atom stereocenters. The number of hydrogen-bond acceptors (Lipinski definition) is 2. The number of fused-ring (bicyclic) bond motifs is 7. The zero-order valence-corrected chi connectivity index (χ0v) is 45.1. The van der Waals surface area contributed by atoms with Gasteiger partial charge in [-0.3, -0.25) is 0 Å². The molecule has 374 valence electrons. The van der Waals surface area contributed by atoms with Gasteiger partial charge in [-0.15, -0.1) is 0 Å². The third-order valence-corrected chi connectivity index (χ3v) is 16.3. The highest BCUT2D eigenvalue weighted by Crippen LogP contribution is 2.49. The molecular weight excluding hydrogens is 944 g/mol. The van der Waals surface area contributed by atoms with Gasteiger partial charge in [-0.25, -0.2) is 0 Å². The van der Waals surface area contributed by atoms with Gasteiger partial charge >= 0.3 is 0 Å². The van der Waals surface area contributed by atoms with E-state index in [-0.39, 0.29) is 17.5 Å². The smallest absolute Gasteiger partial charge is 0.256 e. The van der Waals surface area contributed by atoms with Gasteiger partial charge in [0.25, 0.3) is 6.71 Å². The number of rotatable bonds is 7. The Morgan fingerprint density at radius 2 is 0.756 bits per heavy atom. The molecule has 0 N–H and O–H groups in total. The molecule has 1 aromatic heterocycles. The topological polar surface area (TPSA) is 17.4 Å². The summed E-state index contributed by atoms with van der Waals surface area (Å²) in [7, 11) is 0. The Morgan fingerprint density at radius 3 is 1.24 bits per heavy atom. The predicted octanol–water partition coefficient (Wildman–Crippen LogP) is 18.1. The summed E-state index contributed by atoms with van der Waals surface area (Å²) in [4.78, 5) is 2.51. The van der Waals surface area contributed by atoms with Crippen molar-refractivity contribution in [1.29, 1.82) is 0 Å². The minimum absolute atomic E-state index is 0.118. The van der Waals surface area contributed by atoms with E-state index in [9.17, 15) is 0 Å². The van der Waals surface area contributed by atoms with Gasteiger partial charge in [0.15, 0.2) is 0 Å². The normalized spacial score (nSPS) is 12.8. The Morgan fingerprint density at radius 1 is 0.333 bits per heavy atom. The molecule has 0 fully saturated rings. The lowest BCUT2D eigenvalue weighted by molar-refractivity contribution is 0.487. The predicted molar refractivity (Wildman–Crippen MR) is 331 cm³/mol. The van der Waals surface area contributed by atoms with Crippen molar-refractivity contribution in [3.63, 3.8) is 0 Å². The van der Waals surface area contributed by atoms with Crippen LogP contribution in [0.15, 0.2) is 249 Å². The maximum atomic E-state index is 7.49. The van der Waals surface area contributed by atoms with Gasteiger partial charge < -0.3 is 14.2 Å². The van der Waals surface area contributed by atoms with Crippen LogP contribution in [0.1, 0.15) is 52.7 Å². The Balaban J connectivity index is 1.12. The van der Waals surface area contributed by atoms with Gasteiger partial charge in [-0.2, -0.15) is 0 Å². The zero-order chi connectivity index (χ0) is 52.9. The van der Waals surface area contributed by atoms with Crippen molar-refractivity contribution >= 4 is 62.0 Å². The van der Waals surface area contributed by atoms with Crippen LogP contribution in [0.25, 0.3) is 83.1 Å². The summed E-state index contributed by atoms with van der Waals surface area (Å²) >= 11 is 0. The zero-order valence-electron chi connectivity index (χ0n) is 45.1. The number of anilines is 3. The van der Waals surface area contributed by atoms with Crippen molar-refractivity contribution in [3.8, 4) is 72.8 Å². The minimum atomic E-state index is -0.142. The van der Waals surface area contributed by atoms with Crippen molar-refractivity contribution in [2.45, 2.75) is 52.4 Å². The SMILES string of the molecule is CC(C)(C)c1cc(-c2ccccc2)c2c(c1)c1cc(C(C)(C)C)cc(-c3ccccc3)c1n2-c1cc2c3c(c1)N(c1ccc(-c4ccccc4)cc1)c1ccc(-c4ccccc4)cc1B3c1cc(-c3ccccc3)ccc1O2. The van der Waals surface area contributed by atoms with E-state index in [2.05, 4.69) is 300 Å². The summed E-state index contributed by atoms with van der Waals surface area (Å²) in [6, 6.07) is 92.0. The first kappa shape index (κ1) is 47.3. The summed E-state index contributed by atoms with van der Waals surface area (Å²) in [6.45, 7) is 13.9. The minimum Gasteiger partial charge on any atom is -0.458 e. The molecule has 0 bridgehead atoms. The van der Waals surface area contributed by atoms with E-state index in [1.807, 2.05) is 0 Å². The maximum Gasteiger partial charge on any atom is 0.256 e. The first-order valence-corrected chi connectivity index (χ1v) is 27.4. The van der Waals surface area contributed by atoms with Crippen LogP contribution >= 0.6 is 0 Å². The molecule has 0 amide bonds. The van der Waals surface area contributed by atoms with E-state index < -0.39 is 0 Å². The number of ether oxygens (including phenoxy) is 1. The van der Waals surface area contributed by atoms with Gasteiger partial charge in [0.2, 0.25) is 0 Å². The number of benzene rings is 11. The van der Waals surface area contributed by atoms with Gasteiger partial charge in [-0.1, -0.05) is 230 Å². The Bertz CT molecular complexity index is 4150. The van der Waals surface area contributed by atoms with Crippen LogP contribution in [0, 0.1) is 0 Å². The quantitative estimate of drug-likeness (QED) is 0.148. The van der Waals surface area contributed by atoms with Gasteiger partial charge in [-0.05, 0) is 137 Å². The molecule has 12 aromatic rings. The molecule has 3 heterocycles. The van der Waals surface area contributed by atoms with Crippen molar-refractivity contribution in [2.75, 3.05) is 4.90 Å². The van der Waals surface area contributed by atoms with E-state index in [0.717, 1.165) is 50.7 Å². The summed E-state index contributed by atoms with van der Waals surface area (Å²) in [6.07, 6.45) is 0. The fourth-order valence-corrected chi connectivity index (χ4v) is 12.3. The molecule has 0 unspecified atom stereocenters. The maximum absolute atomic E-state index is 7.49. The van der Waals surface area contributed by atoms with Crippen LogP contribution in [-0.4, -0.2) is 11.3 Å². The molecule has 0 aliphatic carbocycles. The van der Waals surface area contributed by atoms with Crippen molar-refractivity contribution in [3.05, 3.63) is 260 Å². The average molecular weight is 1000 g/mol. The third kappa shape index (κ3) is 7.97. The first-order valence-electron chi connectivity index (χ1n) is 27.4. The largest absolute Gasteiger partial charge is 0.458 e. The van der Waals surface area contributed by atoms with Crippen molar-refractivity contribution < 1.29 is 4.74 Å². The molecule has 0 saturated heterocycles. The lowest BCUT2D eigenvalue weighted by Crippen LogP contribution is -2.59. The second kappa shape index (κ2) is 18.3. The summed E-state index contributed by atoms with van der Waals surface area (Å²) in [5.41, 5.74) is 24.4. The Kier molecular flexibility index (Phi) is 11.1. The molecular formula is C74H59BN2O. The van der Waals surface area contributed by atoms with Crippen LogP contribution in [-0.2, 0) is 10.8 Å².